The van der Waals surface area contributed by atoms with Gasteiger partial charge in [-0.3, -0.25) is 0 Å². The molecule has 652 valence electrons. The molecule has 0 spiro atoms. The average molecular weight is 1790 g/mol. The lowest BCUT2D eigenvalue weighted by Crippen LogP contribution is -2.49. The van der Waals surface area contributed by atoms with Crippen LogP contribution in [0.3, 0.4) is 0 Å². The van der Waals surface area contributed by atoms with Gasteiger partial charge in [0, 0.05) is 24.3 Å². The summed E-state index contributed by atoms with van der Waals surface area (Å²) in [5, 5.41) is 0. The summed E-state index contributed by atoms with van der Waals surface area (Å²) >= 11 is 0. The van der Waals surface area contributed by atoms with Crippen molar-refractivity contribution in [3.63, 3.8) is 0 Å². The van der Waals surface area contributed by atoms with Gasteiger partial charge >= 0.3 is 0 Å². The summed E-state index contributed by atoms with van der Waals surface area (Å²) in [6, 6.07) is 145. The van der Waals surface area contributed by atoms with Gasteiger partial charge in [0.1, 0.15) is 23.0 Å². The van der Waals surface area contributed by atoms with Crippen molar-refractivity contribution in [3.05, 3.63) is 429 Å². The van der Waals surface area contributed by atoms with Crippen LogP contribution in [0, 0.1) is 81.0 Å². The molecule has 15 aromatic carbocycles. The van der Waals surface area contributed by atoms with E-state index in [0.29, 0.717) is 12.9 Å². The Balaban J connectivity index is 0.000000115. The number of ether oxygens (including phenoxy) is 5. The molecule has 0 aliphatic heterocycles. The molecule has 23 rings (SSSR count). The van der Waals surface area contributed by atoms with Crippen LogP contribution in [0.1, 0.15) is 92.9 Å². The predicted molar refractivity (Wildman–Crippen MR) is 538 cm³/mol. The molecule has 0 saturated heterocycles. The molecule has 0 N–H and O–H groups in total. The first kappa shape index (κ1) is 90.2. The zero-order chi connectivity index (χ0) is 88.0. The summed E-state index contributed by atoms with van der Waals surface area (Å²) in [6.45, 7) is 9.94. The van der Waals surface area contributed by atoms with E-state index in [1.165, 1.54) is 166 Å². The lowest BCUT2D eigenvalue weighted by atomic mass is 9.51. The fraction of sp³-hybridized carbons (Fsp3) is 0.244. The highest BCUT2D eigenvalue weighted by Crippen LogP contribution is 2.58. The molecule has 8 bridgehead atoms. The Morgan fingerprint density at radius 1 is 0.225 bits per heavy atom. The van der Waals surface area contributed by atoms with Crippen molar-refractivity contribution in [2.75, 3.05) is 27.6 Å². The van der Waals surface area contributed by atoms with Gasteiger partial charge in [-0.15, -0.1) is 0 Å². The van der Waals surface area contributed by atoms with E-state index in [-0.39, 0.29) is 54.5 Å². The maximum atomic E-state index is 6.52. The Kier molecular flexibility index (Phi) is 31.2. The van der Waals surface area contributed by atoms with Crippen LogP contribution in [0.5, 0.6) is 23.0 Å². The summed E-state index contributed by atoms with van der Waals surface area (Å²) < 4.78 is 29.7. The Morgan fingerprint density at radius 3 is 0.698 bits per heavy atom. The van der Waals surface area contributed by atoms with E-state index < -0.39 is 0 Å². The van der Waals surface area contributed by atoms with E-state index in [9.17, 15) is 0 Å². The van der Waals surface area contributed by atoms with Gasteiger partial charge in [-0.1, -0.05) is 200 Å². The molecule has 0 unspecified atom stereocenters. The molecule has 5 nitrogen and oxygen atoms in total. The molecule has 129 heavy (non-hydrogen) atoms. The van der Waals surface area contributed by atoms with Crippen LogP contribution in [0.4, 0.5) is 0 Å². The van der Waals surface area contributed by atoms with E-state index in [0.717, 1.165) is 82.9 Å². The van der Waals surface area contributed by atoms with E-state index in [1.807, 2.05) is 12.1 Å². The van der Waals surface area contributed by atoms with Crippen molar-refractivity contribution in [2.24, 2.45) is 53.3 Å². The van der Waals surface area contributed by atoms with Crippen molar-refractivity contribution >= 4 is 54.5 Å². The van der Waals surface area contributed by atoms with Crippen LogP contribution in [-0.4, -0.2) is 33.7 Å². The molecule has 0 aromatic heterocycles. The number of hydrogen-bond acceptors (Lipinski definition) is 5. The molecule has 0 heterocycles. The standard InChI is InChI=1S/C32H37OS.C29H31O2S.C21H21OS.C19H17OS.C18H15S/c1-22-15-30(34(28-9-5-3-6-10-28)29-11-7-4-8-12-29)16-23(2)32(22)33-14-13-31-26-18-24-17-25(20-26)21-27(31)19-24;1-3-7-26(8-4-1)32(27-9-5-2-6-10-27)28-13-11-25(12-14-28)30-20-31-29-23-16-21-15-22(18-23)19-24(29)17-21;1-16-14-20(15-17(2)21(16)22-3)23(18-10-6-4-7-11-18)19-12-8-5-9-13-19;1-20-16-12-14-19(15-13-16)21(17-8-4-2-5-9-17)18-10-6-3-7-11-18;1-4-10-16(11-5-1)19(17-12-6-2-7-13-17)18-14-8-3-9-15-18/h3-12,15-16,24-27,31H,13-14,17-21H2,1-2H3;1-14,21-24,29H,15-20H2;4-15H,1-3H3;2-15H,1H3;1-15H/q5*+1. The first-order valence-corrected chi connectivity index (χ1v) is 52.3. The Bertz CT molecular complexity index is 5560. The van der Waals surface area contributed by atoms with Gasteiger partial charge in [0.15, 0.2) is 80.2 Å². The van der Waals surface area contributed by atoms with E-state index in [2.05, 4.69) is 422 Å². The van der Waals surface area contributed by atoms with Gasteiger partial charge in [-0.05, 0) is 356 Å². The number of aryl methyl sites for hydroxylation is 4. The zero-order valence-electron chi connectivity index (χ0n) is 75.2. The lowest BCUT2D eigenvalue weighted by Gasteiger charge is -2.54. The third kappa shape index (κ3) is 22.8. The first-order chi connectivity index (χ1) is 63.5. The smallest absolute Gasteiger partial charge is 0.189 e. The molecular formula is C119H121O5S5+5. The van der Waals surface area contributed by atoms with Crippen LogP contribution in [-0.2, 0) is 59.2 Å². The van der Waals surface area contributed by atoms with Gasteiger partial charge in [-0.2, -0.15) is 0 Å². The van der Waals surface area contributed by atoms with Crippen LogP contribution in [0.15, 0.2) is 480 Å². The quantitative estimate of drug-likeness (QED) is 0.0421. The lowest BCUT2D eigenvalue weighted by molar-refractivity contribution is -0.155. The fourth-order valence-electron chi connectivity index (χ4n) is 21.3. The van der Waals surface area contributed by atoms with Crippen LogP contribution >= 0.6 is 0 Å². The molecule has 8 aliphatic rings. The second kappa shape index (κ2) is 44.7. The van der Waals surface area contributed by atoms with Crippen LogP contribution < -0.4 is 18.9 Å². The SMILES string of the molecule is COc1c(C)cc([S+](c2ccccc2)c2ccccc2)cc1C.COc1ccc([S+](c2ccccc2)c2ccccc2)cc1.Cc1cc([S+](c2ccccc2)c2ccccc2)cc(C)c1OCCC1C2CC3CC(C2)CC1C3.c1ccc([S+](c2ccccc2)c2ccc(OCOC3C4CC5CC(C4)CC3C5)cc2)cc1.c1ccc([S+](c2ccccc2)c2ccccc2)cc1. The molecular weight excluding hydrogens is 1670 g/mol. The molecule has 0 amide bonds. The van der Waals surface area contributed by atoms with Crippen molar-refractivity contribution in [1.29, 1.82) is 0 Å². The normalized spacial score (nSPS) is 19.4. The summed E-state index contributed by atoms with van der Waals surface area (Å²) in [4.78, 5) is 20.1. The summed E-state index contributed by atoms with van der Waals surface area (Å²) in [5.74, 6) is 12.4. The minimum Gasteiger partial charge on any atom is -0.497 e. The van der Waals surface area contributed by atoms with Crippen molar-refractivity contribution in [3.8, 4) is 23.0 Å². The highest BCUT2D eigenvalue weighted by molar-refractivity contribution is 7.98. The second-order valence-corrected chi connectivity index (χ2v) is 45.3. The average Bonchev–Trinajstić information content (AvgIpc) is 0.758. The van der Waals surface area contributed by atoms with Gasteiger partial charge in [-0.25, -0.2) is 0 Å². The predicted octanol–water partition coefficient (Wildman–Crippen LogP) is 30.2. The second-order valence-electron chi connectivity index (χ2n) is 35.2. The summed E-state index contributed by atoms with van der Waals surface area (Å²) in [7, 11) is 3.01. The van der Waals surface area contributed by atoms with Crippen LogP contribution in [0.2, 0.25) is 0 Å². The number of rotatable bonds is 25. The van der Waals surface area contributed by atoms with Crippen molar-refractivity contribution < 1.29 is 23.7 Å². The molecule has 10 heteroatoms. The number of hydrogen-bond donors (Lipinski definition) is 0. The third-order valence-corrected chi connectivity index (χ3v) is 37.5. The summed E-state index contributed by atoms with van der Waals surface area (Å²) in [5.41, 5.74) is 4.91. The molecule has 0 radical (unpaired) electrons. The van der Waals surface area contributed by atoms with Crippen LogP contribution in [0.25, 0.3) is 0 Å². The van der Waals surface area contributed by atoms with Crippen molar-refractivity contribution in [1.82, 2.24) is 0 Å². The molecule has 8 fully saturated rings. The number of benzene rings is 15. The zero-order valence-corrected chi connectivity index (χ0v) is 79.3. The van der Waals surface area contributed by atoms with Gasteiger partial charge in [0.2, 0.25) is 0 Å². The Hall–Kier alpha value is -10.8. The minimum absolute atomic E-state index is 0.0146. The largest absolute Gasteiger partial charge is 0.497 e. The van der Waals surface area contributed by atoms with Gasteiger partial charge in [0.05, 0.1) is 81.4 Å². The maximum absolute atomic E-state index is 6.52. The monoisotopic (exact) mass is 1790 g/mol. The minimum atomic E-state index is -0.122. The summed E-state index contributed by atoms with van der Waals surface area (Å²) in [6.07, 6.45) is 16.2. The Morgan fingerprint density at radius 2 is 0.450 bits per heavy atom. The molecule has 8 saturated carbocycles. The highest BCUT2D eigenvalue weighted by Gasteiger charge is 2.50. The van der Waals surface area contributed by atoms with E-state index in [4.69, 9.17) is 23.7 Å². The molecule has 15 aromatic rings. The van der Waals surface area contributed by atoms with Gasteiger partial charge in [0.25, 0.3) is 0 Å². The fourth-order valence-corrected chi connectivity index (χ4v) is 32.1. The maximum Gasteiger partial charge on any atom is 0.189 e. The molecule has 0 atom stereocenters. The first-order valence-electron chi connectivity index (χ1n) is 46.2. The highest BCUT2D eigenvalue weighted by atomic mass is 32.2. The number of methoxy groups -OCH3 is 2. The topological polar surface area (TPSA) is 46.2 Å². The van der Waals surface area contributed by atoms with Gasteiger partial charge < -0.3 is 23.7 Å². The molecule has 8 aliphatic carbocycles. The van der Waals surface area contributed by atoms with E-state index >= 15 is 0 Å². The van der Waals surface area contributed by atoms with E-state index in [1.54, 1.807) is 14.2 Å². The van der Waals surface area contributed by atoms with Crippen molar-refractivity contribution in [2.45, 2.75) is 178 Å². The Labute approximate surface area is 782 Å². The third-order valence-electron chi connectivity index (χ3n) is 26.4.